The summed E-state index contributed by atoms with van der Waals surface area (Å²) in [4.78, 5) is 9.66. The summed E-state index contributed by atoms with van der Waals surface area (Å²) in [7, 11) is -4.34. The van der Waals surface area contributed by atoms with Crippen molar-refractivity contribution in [2.75, 3.05) is 0 Å². The first kappa shape index (κ1) is 11.7. The number of rotatable bonds is 3. The zero-order valence-electron chi connectivity index (χ0n) is 7.08. The molecule has 0 bridgehead atoms. The van der Waals surface area contributed by atoms with Crippen LogP contribution in [0.3, 0.4) is 0 Å². The zero-order valence-corrected chi connectivity index (χ0v) is 8.66. The van der Waals surface area contributed by atoms with Gasteiger partial charge in [-0.3, -0.25) is 10.1 Å². The van der Waals surface area contributed by atoms with Crippen LogP contribution >= 0.6 is 11.6 Å². The van der Waals surface area contributed by atoms with E-state index in [0.717, 1.165) is 6.07 Å². The summed E-state index contributed by atoms with van der Waals surface area (Å²) < 4.78 is 25.4. The van der Waals surface area contributed by atoms with Gasteiger partial charge in [0.05, 0.1) is 9.95 Å². The highest BCUT2D eigenvalue weighted by molar-refractivity contribution is 7.84. The number of nitro groups is 1. The number of nitrogens with two attached hydrogens (primary N) is 1. The Kier molecular flexibility index (Phi) is 3.12. The van der Waals surface area contributed by atoms with Gasteiger partial charge in [0.2, 0.25) is 5.75 Å². The summed E-state index contributed by atoms with van der Waals surface area (Å²) in [6, 6.07) is 3.58. The first-order valence-corrected chi connectivity index (χ1v) is 5.31. The third-order valence-corrected chi connectivity index (χ3v) is 2.04. The number of halogens is 1. The number of para-hydroxylation sites is 1. The van der Waals surface area contributed by atoms with Crippen molar-refractivity contribution in [2.45, 2.75) is 0 Å². The van der Waals surface area contributed by atoms with E-state index in [4.69, 9.17) is 11.6 Å². The third kappa shape index (κ3) is 3.05. The number of nitro benzene ring substituents is 1. The normalized spacial score (nSPS) is 11.1. The Bertz CT molecular complexity index is 500. The van der Waals surface area contributed by atoms with Crippen molar-refractivity contribution >= 4 is 27.6 Å². The molecule has 1 rings (SSSR count). The maximum Gasteiger partial charge on any atom is 0.380 e. The Balaban J connectivity index is 3.32. The van der Waals surface area contributed by atoms with Crippen LogP contribution in [0.4, 0.5) is 5.69 Å². The average Bonchev–Trinajstić information content (AvgIpc) is 2.05. The topological polar surface area (TPSA) is 113 Å². The molecular weight excluding hydrogens is 248 g/mol. The summed E-state index contributed by atoms with van der Waals surface area (Å²) in [5, 5.41) is 14.9. The molecule has 0 aliphatic heterocycles. The van der Waals surface area contributed by atoms with Gasteiger partial charge >= 0.3 is 16.0 Å². The standard InChI is InChI=1S/C6H5ClN2O5S/c7-4-2-1-3-5(9(10)11)6(4)14-15(8,12)13/h1-3H,(H2,8,12,13). The molecule has 0 aliphatic rings. The van der Waals surface area contributed by atoms with Crippen molar-refractivity contribution in [1.82, 2.24) is 0 Å². The van der Waals surface area contributed by atoms with Gasteiger partial charge in [-0.2, -0.15) is 13.6 Å². The fourth-order valence-electron chi connectivity index (χ4n) is 0.840. The van der Waals surface area contributed by atoms with Gasteiger partial charge in [-0.25, -0.2) is 0 Å². The first-order chi connectivity index (χ1) is 6.81. The van der Waals surface area contributed by atoms with Crippen molar-refractivity contribution in [3.8, 4) is 5.75 Å². The molecule has 0 aliphatic carbocycles. The lowest BCUT2D eigenvalue weighted by Crippen LogP contribution is -2.19. The van der Waals surface area contributed by atoms with Crippen LogP contribution in [0.1, 0.15) is 0 Å². The van der Waals surface area contributed by atoms with Gasteiger partial charge in [-0.15, -0.1) is 0 Å². The second kappa shape index (κ2) is 4.01. The Hall–Kier alpha value is -1.38. The minimum absolute atomic E-state index is 0.210. The summed E-state index contributed by atoms with van der Waals surface area (Å²) >= 11 is 5.53. The van der Waals surface area contributed by atoms with Gasteiger partial charge in [0.25, 0.3) is 0 Å². The molecule has 0 spiro atoms. The minimum Gasteiger partial charge on any atom is -0.362 e. The Morgan fingerprint density at radius 2 is 2.07 bits per heavy atom. The van der Waals surface area contributed by atoms with Gasteiger partial charge < -0.3 is 4.18 Å². The zero-order chi connectivity index (χ0) is 11.6. The van der Waals surface area contributed by atoms with E-state index < -0.39 is 26.7 Å². The number of nitrogens with zero attached hydrogens (tertiary/aromatic N) is 1. The summed E-state index contributed by atoms with van der Waals surface area (Å²) in [5.74, 6) is -0.591. The quantitative estimate of drug-likeness (QED) is 0.632. The SMILES string of the molecule is NS(=O)(=O)Oc1c(Cl)cccc1[N+](=O)[O-]. The highest BCUT2D eigenvalue weighted by Crippen LogP contribution is 2.34. The summed E-state index contributed by atoms with van der Waals surface area (Å²) in [6.07, 6.45) is 0. The van der Waals surface area contributed by atoms with Crippen LogP contribution in [0, 0.1) is 10.1 Å². The molecule has 0 saturated carbocycles. The summed E-state index contributed by atoms with van der Waals surface area (Å²) in [5.41, 5.74) is -0.573. The molecule has 15 heavy (non-hydrogen) atoms. The fraction of sp³-hybridized carbons (Fsp3) is 0. The molecule has 0 atom stereocenters. The van der Waals surface area contributed by atoms with Crippen LogP contribution < -0.4 is 9.32 Å². The average molecular weight is 253 g/mol. The molecule has 0 unspecified atom stereocenters. The lowest BCUT2D eigenvalue weighted by molar-refractivity contribution is -0.385. The molecular formula is C6H5ClN2O5S. The molecule has 0 heterocycles. The Labute approximate surface area is 89.8 Å². The van der Waals surface area contributed by atoms with Crippen LogP contribution in [-0.4, -0.2) is 13.3 Å². The van der Waals surface area contributed by atoms with Gasteiger partial charge in [0, 0.05) is 6.07 Å². The fourth-order valence-corrected chi connectivity index (χ4v) is 1.50. The van der Waals surface area contributed by atoms with Crippen molar-refractivity contribution in [2.24, 2.45) is 5.14 Å². The molecule has 0 fully saturated rings. The predicted molar refractivity (Wildman–Crippen MR) is 51.8 cm³/mol. The smallest absolute Gasteiger partial charge is 0.362 e. The van der Waals surface area contributed by atoms with Crippen LogP contribution in [0.25, 0.3) is 0 Å². The Morgan fingerprint density at radius 1 is 1.47 bits per heavy atom. The highest BCUT2D eigenvalue weighted by atomic mass is 35.5. The molecule has 0 radical (unpaired) electrons. The molecule has 0 aromatic heterocycles. The van der Waals surface area contributed by atoms with Crippen LogP contribution in [0.15, 0.2) is 18.2 Å². The Morgan fingerprint density at radius 3 is 2.53 bits per heavy atom. The van der Waals surface area contributed by atoms with Crippen LogP contribution in [-0.2, 0) is 10.3 Å². The monoisotopic (exact) mass is 252 g/mol. The van der Waals surface area contributed by atoms with E-state index in [1.165, 1.54) is 12.1 Å². The summed E-state index contributed by atoms with van der Waals surface area (Å²) in [6.45, 7) is 0. The van der Waals surface area contributed by atoms with E-state index in [9.17, 15) is 18.5 Å². The highest BCUT2D eigenvalue weighted by Gasteiger charge is 2.21. The van der Waals surface area contributed by atoms with Crippen molar-refractivity contribution < 1.29 is 17.5 Å². The van der Waals surface area contributed by atoms with E-state index in [1.54, 1.807) is 0 Å². The van der Waals surface area contributed by atoms with Crippen molar-refractivity contribution in [3.63, 3.8) is 0 Å². The second-order valence-electron chi connectivity index (χ2n) is 2.42. The van der Waals surface area contributed by atoms with E-state index in [2.05, 4.69) is 9.32 Å². The molecule has 0 saturated heterocycles. The predicted octanol–water partition coefficient (Wildman–Crippen LogP) is 0.831. The van der Waals surface area contributed by atoms with E-state index in [1.807, 2.05) is 0 Å². The van der Waals surface area contributed by atoms with Crippen molar-refractivity contribution in [1.29, 1.82) is 0 Å². The molecule has 82 valence electrons. The molecule has 7 nitrogen and oxygen atoms in total. The largest absolute Gasteiger partial charge is 0.380 e. The van der Waals surface area contributed by atoms with Crippen LogP contribution in [0.2, 0.25) is 5.02 Å². The first-order valence-electron chi connectivity index (χ1n) is 3.46. The van der Waals surface area contributed by atoms with Gasteiger partial charge in [-0.05, 0) is 6.07 Å². The minimum atomic E-state index is -4.34. The lowest BCUT2D eigenvalue weighted by atomic mass is 10.3. The molecule has 1 aromatic carbocycles. The van der Waals surface area contributed by atoms with E-state index >= 15 is 0 Å². The van der Waals surface area contributed by atoms with E-state index in [0.29, 0.717) is 0 Å². The maximum atomic E-state index is 10.6. The van der Waals surface area contributed by atoms with Crippen LogP contribution in [0.5, 0.6) is 5.75 Å². The van der Waals surface area contributed by atoms with Gasteiger partial charge in [-0.1, -0.05) is 17.7 Å². The molecule has 1 aromatic rings. The van der Waals surface area contributed by atoms with Crippen molar-refractivity contribution in [3.05, 3.63) is 33.3 Å². The number of hydrogen-bond acceptors (Lipinski definition) is 5. The third-order valence-electron chi connectivity index (χ3n) is 1.34. The maximum absolute atomic E-state index is 10.6. The molecule has 2 N–H and O–H groups in total. The lowest BCUT2D eigenvalue weighted by Gasteiger charge is -2.04. The second-order valence-corrected chi connectivity index (χ2v) is 3.98. The molecule has 0 amide bonds. The van der Waals surface area contributed by atoms with Gasteiger partial charge in [0.15, 0.2) is 0 Å². The van der Waals surface area contributed by atoms with Gasteiger partial charge in [0.1, 0.15) is 0 Å². The number of benzene rings is 1. The van der Waals surface area contributed by atoms with E-state index in [-0.39, 0.29) is 5.02 Å². The number of hydrogen-bond donors (Lipinski definition) is 1. The molecule has 9 heteroatoms.